The maximum absolute atomic E-state index is 14.4. The highest BCUT2D eigenvalue weighted by Gasteiger charge is 3.00. The second-order valence-corrected chi connectivity index (χ2v) is 14.7. The quantitative estimate of drug-likeness (QED) is 0.0863. The summed E-state index contributed by atoms with van der Waals surface area (Å²) in [5.41, 5.74) is 0. The summed E-state index contributed by atoms with van der Waals surface area (Å²) < 4.78 is 586. The van der Waals surface area contributed by atoms with Crippen LogP contribution in [0.1, 0.15) is 13.8 Å². The molecule has 0 aliphatic rings. The van der Waals surface area contributed by atoms with Gasteiger partial charge in [0.05, 0.1) is 0 Å². The lowest BCUT2D eigenvalue weighted by Crippen LogP contribution is -2.77. The molecule has 0 aromatic carbocycles. The summed E-state index contributed by atoms with van der Waals surface area (Å²) in [5.74, 6) is -169. The lowest BCUT2D eigenvalue weighted by atomic mass is 9.85. The van der Waals surface area contributed by atoms with Crippen molar-refractivity contribution in [2.75, 3.05) is 0 Å². The number of phosphoric ester groups is 1. The van der Waals surface area contributed by atoms with Gasteiger partial charge in [0.25, 0.3) is 7.82 Å². The number of hydrogen-bond acceptors (Lipinski definition) is 4. The molecule has 0 aromatic heterocycles. The zero-order chi connectivity index (χ0) is 59.1. The Labute approximate surface area is 363 Å². The molecule has 0 aromatic rings. The lowest BCUT2D eigenvalue weighted by molar-refractivity contribution is -0.475. The molecule has 0 saturated heterocycles. The number of halogens is 42. The highest BCUT2D eigenvalue weighted by atomic mass is 31.2. The third-order valence-electron chi connectivity index (χ3n) is 8.67. The number of hydrogen-bond donors (Lipinski definition) is 1. The van der Waals surface area contributed by atoms with Crippen LogP contribution in [0.25, 0.3) is 0 Å². The zero-order valence-electron chi connectivity index (χ0n) is 32.1. The summed E-state index contributed by atoms with van der Waals surface area (Å²) in [5, 5.41) is 0. The summed E-state index contributed by atoms with van der Waals surface area (Å²) in [7, 11) is -8.55. The summed E-state index contributed by atoms with van der Waals surface area (Å²) in [6, 6.07) is 0. The van der Waals surface area contributed by atoms with Crippen LogP contribution < -0.4 is 11.0 Å². The Kier molecular flexibility index (Phi) is 17.7. The molecular formula is C24H12F42NO4P. The van der Waals surface area contributed by atoms with Gasteiger partial charge in [0.15, 0.2) is 0 Å². The fourth-order valence-electron chi connectivity index (χ4n) is 4.20. The van der Waals surface area contributed by atoms with Crippen LogP contribution in [-0.2, 0) is 13.6 Å². The molecule has 436 valence electrons. The molecule has 0 radical (unpaired) electrons. The second-order valence-electron chi connectivity index (χ2n) is 13.4. The van der Waals surface area contributed by atoms with Gasteiger partial charge in [-0.05, 0) is 13.8 Å². The number of alkyl halides is 42. The van der Waals surface area contributed by atoms with E-state index in [2.05, 4.69) is 9.05 Å². The molecule has 0 spiro atoms. The van der Waals surface area contributed by atoms with Gasteiger partial charge in [-0.15, -0.1) is 0 Å². The van der Waals surface area contributed by atoms with Gasteiger partial charge in [0.2, 0.25) is 0 Å². The van der Waals surface area contributed by atoms with Gasteiger partial charge < -0.3 is 20.1 Å². The van der Waals surface area contributed by atoms with Crippen molar-refractivity contribution in [3.05, 3.63) is 0 Å². The molecule has 4 N–H and O–H groups in total. The molecule has 0 fully saturated rings. The first-order valence-electron chi connectivity index (χ1n) is 15.4. The largest absolute Gasteiger partial charge is 0.756 e. The molecule has 0 aliphatic carbocycles. The van der Waals surface area contributed by atoms with Gasteiger partial charge in [0, 0.05) is 0 Å². The van der Waals surface area contributed by atoms with E-state index in [0.717, 1.165) is 0 Å². The third-order valence-corrected chi connectivity index (χ3v) is 9.81. The number of quaternary nitrogens is 1. The van der Waals surface area contributed by atoms with Crippen LogP contribution in [0.5, 0.6) is 0 Å². The normalized spacial score (nSPS) is 18.4. The van der Waals surface area contributed by atoms with Crippen molar-refractivity contribution in [2.45, 2.75) is 145 Å². The van der Waals surface area contributed by atoms with Gasteiger partial charge in [0.1, 0.15) is 12.2 Å². The van der Waals surface area contributed by atoms with Crippen molar-refractivity contribution < 1.29 is 203 Å². The Balaban J connectivity index is 0. The highest BCUT2D eigenvalue weighted by molar-refractivity contribution is 7.45. The topological polar surface area (TPSA) is 95.1 Å². The first kappa shape index (κ1) is 71.2. The first-order chi connectivity index (χ1) is 29.8. The summed E-state index contributed by atoms with van der Waals surface area (Å²) in [6.45, 7) is -3.09. The SMILES string of the molecule is CC(OP(=O)([O-])OC(C)C(F)(F)C(F)(F)C(F)(F)C(F)(F)C(F)(F)C(F)(F)C(F)(F)C(F)(F)C(F)(F)C(F)(F)F)C(F)(F)C(F)(F)C(F)(F)C(F)(F)C(F)(F)C(F)(F)C(F)(F)C(F)(F)C(F)(F)C(F)(F)F.[NH4+]. The summed E-state index contributed by atoms with van der Waals surface area (Å²) in [6.07, 6.45) is -28.0. The van der Waals surface area contributed by atoms with E-state index in [1.165, 1.54) is 0 Å². The van der Waals surface area contributed by atoms with E-state index in [4.69, 9.17) is 0 Å². The minimum absolute atomic E-state index is 0. The summed E-state index contributed by atoms with van der Waals surface area (Å²) >= 11 is 0. The predicted octanol–water partition coefficient (Wildman–Crippen LogP) is 14.2. The molecule has 72 heavy (non-hydrogen) atoms. The van der Waals surface area contributed by atoms with Crippen LogP contribution in [0, 0.1) is 0 Å². The Bertz CT molecular complexity index is 1830. The predicted molar refractivity (Wildman–Crippen MR) is 136 cm³/mol. The molecule has 0 rings (SSSR count). The van der Waals surface area contributed by atoms with E-state index in [0.29, 0.717) is 0 Å². The minimum atomic E-state index is -9.85. The number of phosphoric acid groups is 1. The first-order valence-corrected chi connectivity index (χ1v) is 16.8. The van der Waals surface area contributed by atoms with Crippen molar-refractivity contribution in [2.24, 2.45) is 0 Å². The smallest absolute Gasteiger partial charge is 0.460 e. The fourth-order valence-corrected chi connectivity index (χ4v) is 5.28. The molecular weight excluding hydrogens is 1200 g/mol. The monoisotopic (exact) mass is 1210 g/mol. The Hall–Kier alpha value is -2.87. The van der Waals surface area contributed by atoms with Crippen molar-refractivity contribution in [3.8, 4) is 0 Å². The Morgan fingerprint density at radius 2 is 0.375 bits per heavy atom. The Morgan fingerprint density at radius 3 is 0.500 bits per heavy atom. The maximum Gasteiger partial charge on any atom is 0.460 e. The van der Waals surface area contributed by atoms with Crippen LogP contribution in [0.3, 0.4) is 0 Å². The van der Waals surface area contributed by atoms with E-state index in [1.807, 2.05) is 0 Å². The Morgan fingerprint density at radius 1 is 0.264 bits per heavy atom. The molecule has 0 saturated carbocycles. The standard InChI is InChI=1S/C24H9F42O4P.H3N/c1-3(5(25,26)7(29,30)9(33,34)11(37,38)13(41,42)15(45,46)17(49,50)19(53,54)21(57,58)23(61,62)63)69-71(67,68)70-4(2)6(27,28)8(31,32)10(35,36)12(39,40)14(43,44)16(47,48)18(51,52)20(55,56)22(59,60)24(64,65)66;/h3-4H,1-2H3,(H,67,68);1H3. The van der Waals surface area contributed by atoms with Crippen LogP contribution in [0.4, 0.5) is 184 Å². The molecule has 5 nitrogen and oxygen atoms in total. The van der Waals surface area contributed by atoms with Crippen LogP contribution in [0.15, 0.2) is 0 Å². The average Bonchev–Trinajstić information content (AvgIpc) is 3.11. The van der Waals surface area contributed by atoms with Crippen molar-refractivity contribution in [3.63, 3.8) is 0 Å². The molecule has 0 aliphatic heterocycles. The van der Waals surface area contributed by atoms with E-state index >= 15 is 0 Å². The van der Waals surface area contributed by atoms with Gasteiger partial charge >= 0.3 is 119 Å². The van der Waals surface area contributed by atoms with Gasteiger partial charge in [-0.2, -0.15) is 184 Å². The fraction of sp³-hybridized carbons (Fsp3) is 1.00. The lowest BCUT2D eigenvalue weighted by Gasteiger charge is -2.45. The summed E-state index contributed by atoms with van der Waals surface area (Å²) in [4.78, 5) is 11.7. The molecule has 2 unspecified atom stereocenters. The van der Waals surface area contributed by atoms with E-state index in [-0.39, 0.29) is 6.15 Å². The minimum Gasteiger partial charge on any atom is -0.756 e. The van der Waals surface area contributed by atoms with E-state index in [9.17, 15) is 194 Å². The molecule has 0 amide bonds. The van der Waals surface area contributed by atoms with Crippen molar-refractivity contribution >= 4 is 7.82 Å². The van der Waals surface area contributed by atoms with E-state index < -0.39 is 153 Å². The molecule has 0 heterocycles. The number of rotatable bonds is 22. The van der Waals surface area contributed by atoms with Gasteiger partial charge in [-0.1, -0.05) is 0 Å². The molecule has 48 heteroatoms. The molecule has 2 atom stereocenters. The second kappa shape index (κ2) is 17.9. The van der Waals surface area contributed by atoms with Crippen LogP contribution >= 0.6 is 7.82 Å². The third kappa shape index (κ3) is 8.95. The zero-order valence-corrected chi connectivity index (χ0v) is 33.0. The van der Waals surface area contributed by atoms with Gasteiger partial charge in [-0.3, -0.25) is 4.57 Å². The van der Waals surface area contributed by atoms with Crippen LogP contribution in [-0.4, -0.2) is 131 Å². The van der Waals surface area contributed by atoms with Crippen LogP contribution in [0.2, 0.25) is 0 Å². The van der Waals surface area contributed by atoms with Crippen molar-refractivity contribution in [1.82, 2.24) is 6.15 Å². The van der Waals surface area contributed by atoms with E-state index in [1.54, 1.807) is 0 Å². The van der Waals surface area contributed by atoms with Crippen molar-refractivity contribution in [1.29, 1.82) is 0 Å². The average molecular weight is 1210 g/mol. The maximum atomic E-state index is 14.4. The highest BCUT2D eigenvalue weighted by Crippen LogP contribution is 2.69. The molecule has 0 bridgehead atoms. The van der Waals surface area contributed by atoms with Gasteiger partial charge in [-0.25, -0.2) is 0 Å².